The zero-order chi connectivity index (χ0) is 13.0. The first kappa shape index (κ1) is 13.0. The Morgan fingerprint density at radius 2 is 1.78 bits per heavy atom. The summed E-state index contributed by atoms with van der Waals surface area (Å²) in [6.07, 6.45) is 0.940. The lowest BCUT2D eigenvalue weighted by atomic mass is 10.1. The topological polar surface area (TPSA) is 18.5 Å². The van der Waals surface area contributed by atoms with Crippen LogP contribution in [-0.2, 0) is 6.42 Å². The summed E-state index contributed by atoms with van der Waals surface area (Å²) in [5.41, 5.74) is 1.20. The van der Waals surface area contributed by atoms with E-state index < -0.39 is 0 Å². The third-order valence-corrected chi connectivity index (χ3v) is 3.42. The minimum Gasteiger partial charge on any atom is -0.493 e. The Labute approximate surface area is 116 Å². The maximum atomic E-state index is 5.85. The normalized spacial score (nSPS) is 10.2. The first-order valence-corrected chi connectivity index (χ1v) is 6.63. The summed E-state index contributed by atoms with van der Waals surface area (Å²) in [7, 11) is 1.64. The summed E-state index contributed by atoms with van der Waals surface area (Å²) in [6, 6.07) is 13.7. The van der Waals surface area contributed by atoms with Gasteiger partial charge in [-0.3, -0.25) is 0 Å². The van der Waals surface area contributed by atoms with E-state index in [0.29, 0.717) is 0 Å². The molecule has 0 aliphatic rings. The first-order chi connectivity index (χ1) is 8.74. The molecule has 2 aromatic carbocycles. The summed E-state index contributed by atoms with van der Waals surface area (Å²) in [4.78, 5) is 0. The number of benzene rings is 2. The summed E-state index contributed by atoms with van der Waals surface area (Å²) in [6.45, 7) is 2.11. The maximum absolute atomic E-state index is 5.85. The van der Waals surface area contributed by atoms with Gasteiger partial charge in [-0.05, 0) is 36.2 Å². The highest BCUT2D eigenvalue weighted by molar-refractivity contribution is 9.10. The van der Waals surface area contributed by atoms with Crippen molar-refractivity contribution in [1.82, 2.24) is 0 Å². The van der Waals surface area contributed by atoms with Crippen LogP contribution < -0.4 is 9.47 Å². The molecule has 0 heterocycles. The maximum Gasteiger partial charge on any atom is 0.169 e. The van der Waals surface area contributed by atoms with Crippen LogP contribution in [0, 0.1) is 0 Å². The molecule has 0 bridgehead atoms. The fourth-order valence-electron chi connectivity index (χ4n) is 1.70. The van der Waals surface area contributed by atoms with E-state index in [1.165, 1.54) is 5.56 Å². The first-order valence-electron chi connectivity index (χ1n) is 5.84. The van der Waals surface area contributed by atoms with Crippen molar-refractivity contribution < 1.29 is 9.47 Å². The van der Waals surface area contributed by atoms with Crippen molar-refractivity contribution in [2.24, 2.45) is 0 Å². The van der Waals surface area contributed by atoms with Gasteiger partial charge in [-0.15, -0.1) is 0 Å². The van der Waals surface area contributed by atoms with Crippen LogP contribution in [0.2, 0.25) is 0 Å². The fourth-order valence-corrected chi connectivity index (χ4v) is 2.31. The molecule has 0 N–H and O–H groups in total. The molecule has 94 valence electrons. The summed E-state index contributed by atoms with van der Waals surface area (Å²) in [5, 5.41) is 0. The number of hydrogen-bond acceptors (Lipinski definition) is 2. The zero-order valence-electron chi connectivity index (χ0n) is 10.4. The van der Waals surface area contributed by atoms with E-state index in [4.69, 9.17) is 9.47 Å². The van der Waals surface area contributed by atoms with Gasteiger partial charge in [0.2, 0.25) is 0 Å². The number of halogens is 1. The van der Waals surface area contributed by atoms with Gasteiger partial charge < -0.3 is 9.47 Å². The SMILES string of the molecule is CCc1cc(Oc2ccccc2)c(OC)cc1Br. The molecule has 0 saturated carbocycles. The fraction of sp³-hybridized carbons (Fsp3) is 0.200. The second-order valence-electron chi connectivity index (χ2n) is 3.86. The molecule has 2 aromatic rings. The Morgan fingerprint density at radius 3 is 2.39 bits per heavy atom. The number of methoxy groups -OCH3 is 1. The molecule has 0 spiro atoms. The third-order valence-electron chi connectivity index (χ3n) is 2.68. The van der Waals surface area contributed by atoms with Crippen LogP contribution in [0.15, 0.2) is 46.9 Å². The highest BCUT2D eigenvalue weighted by Crippen LogP contribution is 2.36. The standard InChI is InChI=1S/C15H15BrO2/c1-3-11-9-15(14(17-2)10-13(11)16)18-12-7-5-4-6-8-12/h4-10H,3H2,1-2H3. The van der Waals surface area contributed by atoms with Crippen molar-refractivity contribution in [3.8, 4) is 17.2 Å². The third kappa shape index (κ3) is 2.85. The summed E-state index contributed by atoms with van der Waals surface area (Å²) in [5.74, 6) is 2.27. The molecule has 0 atom stereocenters. The van der Waals surface area contributed by atoms with Crippen molar-refractivity contribution in [3.63, 3.8) is 0 Å². The van der Waals surface area contributed by atoms with Crippen LogP contribution in [-0.4, -0.2) is 7.11 Å². The molecule has 0 unspecified atom stereocenters. The van der Waals surface area contributed by atoms with Gasteiger partial charge in [0.15, 0.2) is 11.5 Å². The number of para-hydroxylation sites is 1. The number of aryl methyl sites for hydroxylation is 1. The lowest BCUT2D eigenvalue weighted by molar-refractivity contribution is 0.378. The predicted octanol–water partition coefficient (Wildman–Crippen LogP) is 4.81. The minimum atomic E-state index is 0.725. The molecule has 0 radical (unpaired) electrons. The molecule has 2 nitrogen and oxygen atoms in total. The van der Waals surface area contributed by atoms with Gasteiger partial charge in [0.05, 0.1) is 7.11 Å². The van der Waals surface area contributed by atoms with E-state index in [2.05, 4.69) is 22.9 Å². The molecule has 0 aromatic heterocycles. The van der Waals surface area contributed by atoms with Crippen LogP contribution in [0.25, 0.3) is 0 Å². The Morgan fingerprint density at radius 1 is 1.06 bits per heavy atom. The summed E-state index contributed by atoms with van der Waals surface area (Å²) < 4.78 is 12.2. The quantitative estimate of drug-likeness (QED) is 0.807. The van der Waals surface area contributed by atoms with E-state index in [-0.39, 0.29) is 0 Å². The van der Waals surface area contributed by atoms with Gasteiger partial charge in [-0.25, -0.2) is 0 Å². The van der Waals surface area contributed by atoms with Gasteiger partial charge in [-0.2, -0.15) is 0 Å². The van der Waals surface area contributed by atoms with Gasteiger partial charge in [-0.1, -0.05) is 41.1 Å². The van der Waals surface area contributed by atoms with E-state index in [1.807, 2.05) is 42.5 Å². The monoisotopic (exact) mass is 306 g/mol. The largest absolute Gasteiger partial charge is 0.493 e. The Bertz CT molecular complexity index is 524. The van der Waals surface area contributed by atoms with Gasteiger partial charge >= 0.3 is 0 Å². The van der Waals surface area contributed by atoms with Crippen LogP contribution in [0.3, 0.4) is 0 Å². The van der Waals surface area contributed by atoms with E-state index in [1.54, 1.807) is 7.11 Å². The second kappa shape index (κ2) is 5.91. The highest BCUT2D eigenvalue weighted by atomic mass is 79.9. The Balaban J connectivity index is 2.37. The highest BCUT2D eigenvalue weighted by Gasteiger charge is 2.10. The van der Waals surface area contributed by atoms with Crippen molar-refractivity contribution in [1.29, 1.82) is 0 Å². The molecular formula is C15H15BrO2. The lowest BCUT2D eigenvalue weighted by Gasteiger charge is -2.13. The Hall–Kier alpha value is -1.48. The average Bonchev–Trinajstić information content (AvgIpc) is 2.41. The molecule has 0 fully saturated rings. The average molecular weight is 307 g/mol. The lowest BCUT2D eigenvalue weighted by Crippen LogP contribution is -1.93. The van der Waals surface area contributed by atoms with Crippen LogP contribution >= 0.6 is 15.9 Å². The number of ether oxygens (including phenoxy) is 2. The van der Waals surface area contributed by atoms with Crippen molar-refractivity contribution in [3.05, 3.63) is 52.5 Å². The van der Waals surface area contributed by atoms with Gasteiger partial charge in [0.1, 0.15) is 5.75 Å². The van der Waals surface area contributed by atoms with Crippen molar-refractivity contribution in [2.45, 2.75) is 13.3 Å². The summed E-state index contributed by atoms with van der Waals surface area (Å²) >= 11 is 3.53. The number of hydrogen-bond donors (Lipinski definition) is 0. The van der Waals surface area contributed by atoms with Crippen LogP contribution in [0.1, 0.15) is 12.5 Å². The van der Waals surface area contributed by atoms with E-state index in [9.17, 15) is 0 Å². The zero-order valence-corrected chi connectivity index (χ0v) is 12.0. The van der Waals surface area contributed by atoms with Crippen LogP contribution in [0.5, 0.6) is 17.2 Å². The Kier molecular flexibility index (Phi) is 4.26. The molecule has 0 aliphatic carbocycles. The van der Waals surface area contributed by atoms with Gasteiger partial charge in [0.25, 0.3) is 0 Å². The molecule has 3 heteroatoms. The molecule has 0 amide bonds. The van der Waals surface area contributed by atoms with Crippen molar-refractivity contribution >= 4 is 15.9 Å². The molecular weight excluding hydrogens is 292 g/mol. The number of rotatable bonds is 4. The van der Waals surface area contributed by atoms with Crippen LogP contribution in [0.4, 0.5) is 0 Å². The second-order valence-corrected chi connectivity index (χ2v) is 4.72. The van der Waals surface area contributed by atoms with E-state index >= 15 is 0 Å². The minimum absolute atomic E-state index is 0.725. The van der Waals surface area contributed by atoms with Gasteiger partial charge in [0, 0.05) is 4.47 Å². The predicted molar refractivity (Wildman–Crippen MR) is 76.6 cm³/mol. The molecule has 0 aliphatic heterocycles. The molecule has 18 heavy (non-hydrogen) atoms. The van der Waals surface area contributed by atoms with Crippen molar-refractivity contribution in [2.75, 3.05) is 7.11 Å². The van der Waals surface area contributed by atoms with E-state index in [0.717, 1.165) is 28.1 Å². The smallest absolute Gasteiger partial charge is 0.169 e. The molecule has 0 saturated heterocycles. The molecule has 2 rings (SSSR count).